The van der Waals surface area contributed by atoms with Crippen LogP contribution in [0.2, 0.25) is 0 Å². The summed E-state index contributed by atoms with van der Waals surface area (Å²) in [7, 11) is -1.39. The molecule has 0 saturated carbocycles. The van der Waals surface area contributed by atoms with Gasteiger partial charge in [-0.2, -0.15) is 0 Å². The van der Waals surface area contributed by atoms with Gasteiger partial charge in [-0.3, -0.25) is 14.5 Å². The quantitative estimate of drug-likeness (QED) is 0.751. The Morgan fingerprint density at radius 1 is 1.12 bits per heavy atom. The van der Waals surface area contributed by atoms with E-state index in [0.717, 1.165) is 45.4 Å². The molecule has 1 amide bonds. The Kier molecular flexibility index (Phi) is 5.93. The van der Waals surface area contributed by atoms with Gasteiger partial charge in [-0.15, -0.1) is 0 Å². The van der Waals surface area contributed by atoms with E-state index >= 15 is 0 Å². The number of likely N-dealkylation sites (N-methyl/N-ethyl adjacent to an activating group) is 1. The molecule has 1 aromatic rings. The molecule has 0 unspecified atom stereocenters. The van der Waals surface area contributed by atoms with Gasteiger partial charge >= 0.3 is 0 Å². The van der Waals surface area contributed by atoms with Crippen molar-refractivity contribution in [1.29, 1.82) is 0 Å². The molecule has 1 saturated heterocycles. The number of hydrogen-bond acceptors (Lipinski definition) is 5. The lowest BCUT2D eigenvalue weighted by Gasteiger charge is -2.32. The predicted molar refractivity (Wildman–Crippen MR) is 101 cm³/mol. The van der Waals surface area contributed by atoms with Crippen LogP contribution in [0.3, 0.4) is 0 Å². The zero-order valence-corrected chi connectivity index (χ0v) is 16.0. The van der Waals surface area contributed by atoms with Gasteiger partial charge in [0.15, 0.2) is 0 Å². The molecule has 142 valence electrons. The van der Waals surface area contributed by atoms with E-state index in [1.54, 1.807) is 24.3 Å². The van der Waals surface area contributed by atoms with Crippen LogP contribution in [0.4, 0.5) is 0 Å². The molecule has 0 aliphatic carbocycles. The van der Waals surface area contributed by atoms with E-state index in [1.807, 2.05) is 4.90 Å². The molecular weight excluding hydrogens is 352 g/mol. The SMILES string of the molecule is CN1CCN(C(=O)CCCCCN=C2NS(=O)(=O)c3ccccc32)CC1. The third-order valence-electron chi connectivity index (χ3n) is 4.84. The lowest BCUT2D eigenvalue weighted by Crippen LogP contribution is -2.47. The summed E-state index contributed by atoms with van der Waals surface area (Å²) in [6, 6.07) is 6.86. The van der Waals surface area contributed by atoms with E-state index in [-0.39, 0.29) is 10.8 Å². The minimum atomic E-state index is -3.46. The van der Waals surface area contributed by atoms with E-state index in [2.05, 4.69) is 21.7 Å². The van der Waals surface area contributed by atoms with Crippen molar-refractivity contribution < 1.29 is 13.2 Å². The number of hydrogen-bond donors (Lipinski definition) is 1. The van der Waals surface area contributed by atoms with Crippen molar-refractivity contribution in [3.05, 3.63) is 29.8 Å². The summed E-state index contributed by atoms with van der Waals surface area (Å²) in [6.07, 6.45) is 3.17. The molecule has 2 aliphatic heterocycles. The van der Waals surface area contributed by atoms with E-state index in [0.29, 0.717) is 24.4 Å². The molecule has 1 fully saturated rings. The molecule has 0 aromatic heterocycles. The number of sulfonamides is 1. The number of amides is 1. The third-order valence-corrected chi connectivity index (χ3v) is 6.23. The zero-order valence-electron chi connectivity index (χ0n) is 15.1. The van der Waals surface area contributed by atoms with Crippen molar-refractivity contribution in [3.8, 4) is 0 Å². The molecule has 1 aromatic carbocycles. The van der Waals surface area contributed by atoms with Gasteiger partial charge in [-0.05, 0) is 32.0 Å². The normalized spacial score (nSPS) is 20.8. The first-order chi connectivity index (χ1) is 12.5. The largest absolute Gasteiger partial charge is 0.340 e. The van der Waals surface area contributed by atoms with Crippen LogP contribution in [-0.2, 0) is 14.8 Å². The Bertz CT molecular complexity index is 783. The highest BCUT2D eigenvalue weighted by atomic mass is 32.2. The van der Waals surface area contributed by atoms with Crippen molar-refractivity contribution in [2.24, 2.45) is 4.99 Å². The van der Waals surface area contributed by atoms with Crippen molar-refractivity contribution >= 4 is 21.8 Å². The molecule has 0 radical (unpaired) electrons. The summed E-state index contributed by atoms with van der Waals surface area (Å²) in [6.45, 7) is 4.08. The van der Waals surface area contributed by atoms with Crippen LogP contribution in [0.15, 0.2) is 34.2 Å². The smallest absolute Gasteiger partial charge is 0.263 e. The number of piperazine rings is 1. The number of nitrogens with zero attached hydrogens (tertiary/aromatic N) is 3. The molecule has 7 nitrogen and oxygen atoms in total. The van der Waals surface area contributed by atoms with Crippen LogP contribution >= 0.6 is 0 Å². The number of fused-ring (bicyclic) bond motifs is 1. The monoisotopic (exact) mass is 378 g/mol. The van der Waals surface area contributed by atoms with Gasteiger partial charge < -0.3 is 9.80 Å². The highest BCUT2D eigenvalue weighted by molar-refractivity contribution is 7.90. The van der Waals surface area contributed by atoms with Gasteiger partial charge in [-0.25, -0.2) is 8.42 Å². The maximum absolute atomic E-state index is 12.2. The highest BCUT2D eigenvalue weighted by Gasteiger charge is 2.29. The van der Waals surface area contributed by atoms with Crippen LogP contribution in [0.5, 0.6) is 0 Å². The van der Waals surface area contributed by atoms with Crippen molar-refractivity contribution in [1.82, 2.24) is 14.5 Å². The van der Waals surface area contributed by atoms with Crippen molar-refractivity contribution in [2.75, 3.05) is 39.8 Å². The maximum atomic E-state index is 12.2. The van der Waals surface area contributed by atoms with Crippen LogP contribution in [-0.4, -0.2) is 69.7 Å². The minimum Gasteiger partial charge on any atom is -0.340 e. The third kappa shape index (κ3) is 4.42. The van der Waals surface area contributed by atoms with Crippen LogP contribution in [0, 0.1) is 0 Å². The predicted octanol–water partition coefficient (Wildman–Crippen LogP) is 1.06. The lowest BCUT2D eigenvalue weighted by atomic mass is 10.1. The van der Waals surface area contributed by atoms with E-state index in [1.165, 1.54) is 0 Å². The first-order valence-corrected chi connectivity index (χ1v) is 10.6. The summed E-state index contributed by atoms with van der Waals surface area (Å²) in [5, 5.41) is 0. The Morgan fingerprint density at radius 3 is 2.62 bits per heavy atom. The van der Waals surface area contributed by atoms with Crippen LogP contribution < -0.4 is 4.72 Å². The number of carbonyl (C=O) groups excluding carboxylic acids is 1. The molecule has 0 bridgehead atoms. The Morgan fingerprint density at radius 2 is 1.85 bits per heavy atom. The Balaban J connectivity index is 1.40. The number of benzene rings is 1. The molecular formula is C18H26N4O3S. The van der Waals surface area contributed by atoms with Gasteiger partial charge in [-0.1, -0.05) is 18.6 Å². The molecule has 2 aliphatic rings. The standard InChI is InChI=1S/C18H26N4O3S/c1-21-11-13-22(14-12-21)17(23)9-3-2-6-10-19-18-15-7-4-5-8-16(15)26(24,25)20-18/h4-5,7-8H,2-3,6,9-14H2,1H3,(H,19,20). The van der Waals surface area contributed by atoms with E-state index < -0.39 is 10.0 Å². The van der Waals surface area contributed by atoms with Gasteiger partial charge in [0.1, 0.15) is 5.84 Å². The molecule has 26 heavy (non-hydrogen) atoms. The Hall–Kier alpha value is -1.93. The number of aliphatic imine (C=N–C) groups is 1. The zero-order chi connectivity index (χ0) is 18.6. The van der Waals surface area contributed by atoms with Gasteiger partial charge in [0.05, 0.1) is 4.90 Å². The van der Waals surface area contributed by atoms with Crippen molar-refractivity contribution in [2.45, 2.75) is 30.6 Å². The molecule has 1 N–H and O–H groups in total. The molecule has 0 atom stereocenters. The summed E-state index contributed by atoms with van der Waals surface area (Å²) in [4.78, 5) is 21.0. The Labute approximate surface area is 155 Å². The number of amidine groups is 1. The maximum Gasteiger partial charge on any atom is 0.263 e. The van der Waals surface area contributed by atoms with Gasteiger partial charge in [0, 0.05) is 44.7 Å². The highest BCUT2D eigenvalue weighted by Crippen LogP contribution is 2.22. The summed E-state index contributed by atoms with van der Waals surface area (Å²) in [5.74, 6) is 0.663. The lowest BCUT2D eigenvalue weighted by molar-refractivity contribution is -0.132. The topological polar surface area (TPSA) is 82.1 Å². The molecule has 0 spiro atoms. The fraction of sp³-hybridized carbons (Fsp3) is 0.556. The first-order valence-electron chi connectivity index (χ1n) is 9.10. The average Bonchev–Trinajstić information content (AvgIpc) is 2.89. The number of carbonyl (C=O) groups is 1. The second-order valence-corrected chi connectivity index (χ2v) is 8.48. The minimum absolute atomic E-state index is 0.238. The molecule has 8 heteroatoms. The summed E-state index contributed by atoms with van der Waals surface area (Å²) < 4.78 is 26.5. The van der Waals surface area contributed by atoms with E-state index in [4.69, 9.17) is 0 Å². The molecule has 2 heterocycles. The second-order valence-electron chi connectivity index (χ2n) is 6.83. The van der Waals surface area contributed by atoms with Gasteiger partial charge in [0.25, 0.3) is 10.0 Å². The van der Waals surface area contributed by atoms with E-state index in [9.17, 15) is 13.2 Å². The van der Waals surface area contributed by atoms with Crippen LogP contribution in [0.25, 0.3) is 0 Å². The number of unbranched alkanes of at least 4 members (excludes halogenated alkanes) is 2. The average molecular weight is 378 g/mol. The second kappa shape index (κ2) is 8.18. The summed E-state index contributed by atoms with van der Waals surface area (Å²) >= 11 is 0. The van der Waals surface area contributed by atoms with Gasteiger partial charge in [0.2, 0.25) is 5.91 Å². The fourth-order valence-corrected chi connectivity index (χ4v) is 4.47. The summed E-state index contributed by atoms with van der Waals surface area (Å²) in [5.41, 5.74) is 0.637. The van der Waals surface area contributed by atoms with Crippen molar-refractivity contribution in [3.63, 3.8) is 0 Å². The molecule has 3 rings (SSSR count). The fourth-order valence-electron chi connectivity index (χ4n) is 3.22. The van der Waals surface area contributed by atoms with Crippen LogP contribution in [0.1, 0.15) is 31.2 Å². The number of nitrogens with one attached hydrogen (secondary N) is 1. The first kappa shape index (κ1) is 18.8. The number of rotatable bonds is 6.